The summed E-state index contributed by atoms with van der Waals surface area (Å²) in [4.78, 5) is 101. The summed E-state index contributed by atoms with van der Waals surface area (Å²) in [6.45, 7) is 1.56. The Hall–Kier alpha value is -4.22. The molecule has 0 bridgehead atoms. The van der Waals surface area contributed by atoms with Crippen molar-refractivity contribution in [3.05, 3.63) is 24.3 Å². The lowest BCUT2D eigenvalue weighted by Crippen LogP contribution is -2.84. The van der Waals surface area contributed by atoms with Crippen molar-refractivity contribution in [2.75, 3.05) is 23.4 Å². The van der Waals surface area contributed by atoms with E-state index < -0.39 is 58.1 Å². The van der Waals surface area contributed by atoms with Gasteiger partial charge in [0.05, 0.1) is 11.4 Å². The van der Waals surface area contributed by atoms with Crippen LogP contribution in [0.3, 0.4) is 0 Å². The van der Waals surface area contributed by atoms with Crippen LogP contribution in [-0.4, -0.2) is 70.6 Å². The van der Waals surface area contributed by atoms with Crippen LogP contribution in [0.2, 0.25) is 0 Å². The number of anilines is 2. The molecule has 0 radical (unpaired) electrons. The highest BCUT2D eigenvalue weighted by molar-refractivity contribution is 6.60. The molecule has 31 heavy (non-hydrogen) atoms. The topological polar surface area (TPSA) is 150 Å². The minimum absolute atomic E-state index is 0.0308. The smallest absolute Gasteiger partial charge is 0.282 e. The van der Waals surface area contributed by atoms with Crippen LogP contribution in [0.15, 0.2) is 24.3 Å². The molecule has 0 N–H and O–H groups in total. The number of nitrogens with zero attached hydrogens (tertiary/aromatic N) is 4. The van der Waals surface area contributed by atoms with Crippen molar-refractivity contribution in [1.29, 1.82) is 0 Å². The normalized spacial score (nSPS) is 23.4. The monoisotopic (exact) mass is 424 g/mol. The number of carbonyl (C=O) groups excluding carboxylic acids is 8. The van der Waals surface area contributed by atoms with Crippen molar-refractivity contribution in [3.63, 3.8) is 0 Å². The predicted molar refractivity (Wildman–Crippen MR) is 96.5 cm³/mol. The molecule has 4 saturated heterocycles. The van der Waals surface area contributed by atoms with E-state index in [4.69, 9.17) is 0 Å². The molecule has 0 unspecified atom stereocenters. The van der Waals surface area contributed by atoms with E-state index >= 15 is 0 Å². The van der Waals surface area contributed by atoms with Gasteiger partial charge in [-0.15, -0.1) is 0 Å². The number of benzene rings is 1. The van der Waals surface area contributed by atoms with Crippen LogP contribution in [0.25, 0.3) is 0 Å². The van der Waals surface area contributed by atoms with Gasteiger partial charge in [0.1, 0.15) is 0 Å². The first-order valence-electron chi connectivity index (χ1n) is 9.16. The lowest BCUT2D eigenvalue weighted by atomic mass is 9.68. The number of imide groups is 4. The SMILES string of the molecule is CCN1C(=O)C2(C1=O)C(=O)N(c1cccc(N3C(=O)C4(C(=O)N(C)C4=O)C3=O)c1)C2=O. The third-order valence-corrected chi connectivity index (χ3v) is 6.14. The zero-order valence-corrected chi connectivity index (χ0v) is 16.1. The van der Waals surface area contributed by atoms with Crippen LogP contribution in [0.5, 0.6) is 0 Å². The molecule has 4 aliphatic rings. The molecular formula is C19H12N4O8. The lowest BCUT2D eigenvalue weighted by Gasteiger charge is -2.52. The summed E-state index contributed by atoms with van der Waals surface area (Å²) in [5.74, 6) is -7.69. The summed E-state index contributed by atoms with van der Waals surface area (Å²) in [5.41, 5.74) is -4.85. The van der Waals surface area contributed by atoms with Crippen LogP contribution in [0.4, 0.5) is 11.4 Å². The zero-order valence-electron chi connectivity index (χ0n) is 16.1. The fraction of sp³-hybridized carbons (Fsp3) is 0.263. The van der Waals surface area contributed by atoms with Crippen molar-refractivity contribution in [2.45, 2.75) is 6.92 Å². The Morgan fingerprint density at radius 1 is 0.645 bits per heavy atom. The number of hydrogen-bond acceptors (Lipinski definition) is 8. The first-order chi connectivity index (χ1) is 14.6. The van der Waals surface area contributed by atoms with Gasteiger partial charge in [-0.25, -0.2) is 9.80 Å². The number of hydrogen-bond donors (Lipinski definition) is 0. The standard InChI is InChI=1S/C19H12N4O8/c1-3-21-12(26)19(13(21)27)16(30)23(17(19)31)9-6-4-5-8(7-9)22-14(28)18(15(22)29)10(24)20(2)11(18)25/h4-7H,3H2,1-2H3. The number of likely N-dealkylation sites (tertiary alicyclic amines) is 2. The van der Waals surface area contributed by atoms with E-state index in [0.717, 1.165) is 18.0 Å². The van der Waals surface area contributed by atoms with Gasteiger partial charge in [-0.05, 0) is 25.1 Å². The van der Waals surface area contributed by atoms with Gasteiger partial charge in [0.25, 0.3) is 58.1 Å². The molecule has 5 rings (SSSR count). The molecule has 4 aliphatic heterocycles. The van der Waals surface area contributed by atoms with Crippen LogP contribution >= 0.6 is 0 Å². The van der Waals surface area contributed by atoms with Gasteiger partial charge in [0.2, 0.25) is 0 Å². The molecule has 12 heteroatoms. The Bertz CT molecular complexity index is 1170. The van der Waals surface area contributed by atoms with Crippen molar-refractivity contribution in [1.82, 2.24) is 9.80 Å². The third-order valence-electron chi connectivity index (χ3n) is 6.14. The minimum Gasteiger partial charge on any atom is -0.282 e. The summed E-state index contributed by atoms with van der Waals surface area (Å²) in [7, 11) is 1.15. The zero-order chi connectivity index (χ0) is 22.6. The molecule has 4 fully saturated rings. The largest absolute Gasteiger partial charge is 0.285 e. The quantitative estimate of drug-likeness (QED) is 0.392. The first kappa shape index (κ1) is 18.8. The minimum atomic E-state index is -2.36. The Morgan fingerprint density at radius 2 is 1.03 bits per heavy atom. The summed E-state index contributed by atoms with van der Waals surface area (Å²) in [6, 6.07) is 5.11. The van der Waals surface area contributed by atoms with Crippen molar-refractivity contribution in [2.24, 2.45) is 10.8 Å². The average Bonchev–Trinajstić information content (AvgIpc) is 2.75. The molecule has 0 atom stereocenters. The Morgan fingerprint density at radius 3 is 1.42 bits per heavy atom. The maximum atomic E-state index is 12.6. The van der Waals surface area contributed by atoms with E-state index in [0.29, 0.717) is 14.7 Å². The number of β-lactam (4-membered cyclic amide) rings is 8. The van der Waals surface area contributed by atoms with Crippen LogP contribution in [0.1, 0.15) is 6.92 Å². The van der Waals surface area contributed by atoms with Crippen LogP contribution in [-0.2, 0) is 38.4 Å². The molecule has 8 amide bonds. The van der Waals surface area contributed by atoms with E-state index in [1.807, 2.05) is 0 Å². The molecule has 4 heterocycles. The second-order valence-corrected chi connectivity index (χ2v) is 7.44. The molecule has 12 nitrogen and oxygen atoms in total. The van der Waals surface area contributed by atoms with Crippen LogP contribution in [0, 0.1) is 10.8 Å². The summed E-state index contributed by atoms with van der Waals surface area (Å²) in [5, 5.41) is 0. The number of carbonyl (C=O) groups is 8. The van der Waals surface area contributed by atoms with E-state index in [9.17, 15) is 38.4 Å². The first-order valence-corrected chi connectivity index (χ1v) is 9.16. The van der Waals surface area contributed by atoms with E-state index in [1.54, 1.807) is 0 Å². The average molecular weight is 424 g/mol. The second-order valence-electron chi connectivity index (χ2n) is 7.44. The summed E-state index contributed by atoms with van der Waals surface area (Å²) >= 11 is 0. The Balaban J connectivity index is 1.44. The molecular weight excluding hydrogens is 412 g/mol. The highest BCUT2D eigenvalue weighted by atomic mass is 16.2. The lowest BCUT2D eigenvalue weighted by molar-refractivity contribution is -0.188. The van der Waals surface area contributed by atoms with Gasteiger partial charge in [-0.1, -0.05) is 6.07 Å². The van der Waals surface area contributed by atoms with Gasteiger partial charge in [0.15, 0.2) is 0 Å². The summed E-state index contributed by atoms with van der Waals surface area (Å²) in [6.07, 6.45) is 0. The predicted octanol–water partition coefficient (Wildman–Crippen LogP) is -2.21. The van der Waals surface area contributed by atoms with Gasteiger partial charge in [-0.3, -0.25) is 48.2 Å². The number of amides is 8. The van der Waals surface area contributed by atoms with Crippen molar-refractivity contribution in [3.8, 4) is 0 Å². The van der Waals surface area contributed by atoms with Crippen molar-refractivity contribution >= 4 is 58.6 Å². The molecule has 0 aromatic heterocycles. The van der Waals surface area contributed by atoms with Gasteiger partial charge < -0.3 is 0 Å². The van der Waals surface area contributed by atoms with Gasteiger partial charge >= 0.3 is 0 Å². The highest BCUT2D eigenvalue weighted by Crippen LogP contribution is 2.49. The molecule has 2 spiro atoms. The molecule has 1 aromatic carbocycles. The molecule has 0 aliphatic carbocycles. The third kappa shape index (κ3) is 1.59. The fourth-order valence-electron chi connectivity index (χ4n) is 4.36. The van der Waals surface area contributed by atoms with Gasteiger partial charge in [-0.2, -0.15) is 0 Å². The number of rotatable bonds is 3. The van der Waals surface area contributed by atoms with Crippen molar-refractivity contribution < 1.29 is 38.4 Å². The molecule has 1 aromatic rings. The second kappa shape index (κ2) is 5.28. The maximum absolute atomic E-state index is 12.6. The highest BCUT2D eigenvalue weighted by Gasteiger charge is 2.81. The van der Waals surface area contributed by atoms with E-state index in [1.165, 1.54) is 25.1 Å². The molecule has 0 saturated carbocycles. The van der Waals surface area contributed by atoms with Gasteiger partial charge in [0, 0.05) is 13.6 Å². The van der Waals surface area contributed by atoms with E-state index in [-0.39, 0.29) is 17.9 Å². The summed E-state index contributed by atoms with van der Waals surface area (Å²) < 4.78 is 0. The molecule has 156 valence electrons. The van der Waals surface area contributed by atoms with Crippen LogP contribution < -0.4 is 9.80 Å². The Kier molecular flexibility index (Phi) is 3.20. The van der Waals surface area contributed by atoms with E-state index in [2.05, 4.69) is 0 Å². The Labute approximate surface area is 172 Å². The maximum Gasteiger partial charge on any atom is 0.285 e. The fourth-order valence-corrected chi connectivity index (χ4v) is 4.36.